The molecule has 0 atom stereocenters. The lowest BCUT2D eigenvalue weighted by Crippen LogP contribution is -2.32. The Labute approximate surface area is 79.8 Å². The molecule has 0 radical (unpaired) electrons. The molecule has 1 aromatic rings. The van der Waals surface area contributed by atoms with Gasteiger partial charge in [0, 0.05) is 17.5 Å². The first-order valence-electron chi connectivity index (χ1n) is 4.87. The molecule has 0 aliphatic carbocycles. The van der Waals surface area contributed by atoms with E-state index in [9.17, 15) is 5.21 Å². The lowest BCUT2D eigenvalue weighted by atomic mass is 10.1. The van der Waals surface area contributed by atoms with Crippen molar-refractivity contribution in [2.75, 3.05) is 0 Å². The summed E-state index contributed by atoms with van der Waals surface area (Å²) < 4.78 is 0.996. The largest absolute Gasteiger partial charge is 0.618 e. The third-order valence-electron chi connectivity index (χ3n) is 2.14. The van der Waals surface area contributed by atoms with Crippen LogP contribution in [-0.4, -0.2) is 0 Å². The molecule has 0 aromatic carbocycles. The molecule has 13 heavy (non-hydrogen) atoms. The Hall–Kier alpha value is -1.05. The molecule has 1 aromatic heterocycles. The molecular weight excluding hydrogens is 162 g/mol. The molecule has 0 N–H and O–H groups in total. The number of aryl methyl sites for hydroxylation is 1. The molecule has 0 spiro atoms. The summed E-state index contributed by atoms with van der Waals surface area (Å²) in [6.45, 7) is 6.18. The average Bonchev–Trinajstić information content (AvgIpc) is 2.04. The highest BCUT2D eigenvalue weighted by Crippen LogP contribution is 2.10. The molecular formula is C11H17NO. The van der Waals surface area contributed by atoms with Gasteiger partial charge in [0.05, 0.1) is 0 Å². The van der Waals surface area contributed by atoms with Gasteiger partial charge in [0.15, 0.2) is 11.9 Å². The van der Waals surface area contributed by atoms with Crippen LogP contribution in [0.3, 0.4) is 0 Å². The van der Waals surface area contributed by atoms with E-state index in [1.54, 1.807) is 6.20 Å². The predicted molar refractivity (Wildman–Crippen MR) is 53.5 cm³/mol. The molecule has 0 amide bonds. The molecule has 2 nitrogen and oxygen atoms in total. The number of rotatable bonds is 3. The maximum absolute atomic E-state index is 11.5. The molecule has 0 fully saturated rings. The van der Waals surface area contributed by atoms with Crippen LogP contribution in [0.2, 0.25) is 0 Å². The summed E-state index contributed by atoms with van der Waals surface area (Å²) in [5.74, 6) is 0.299. The van der Waals surface area contributed by atoms with Crippen LogP contribution in [0.15, 0.2) is 18.3 Å². The van der Waals surface area contributed by atoms with E-state index in [0.29, 0.717) is 5.92 Å². The minimum Gasteiger partial charge on any atom is -0.618 e. The Bertz CT molecular complexity index is 281. The van der Waals surface area contributed by atoms with Crippen molar-refractivity contribution < 1.29 is 4.73 Å². The monoisotopic (exact) mass is 179 g/mol. The van der Waals surface area contributed by atoms with Crippen LogP contribution in [0.1, 0.15) is 44.4 Å². The fourth-order valence-electron chi connectivity index (χ4n) is 1.42. The average molecular weight is 179 g/mol. The van der Waals surface area contributed by atoms with Gasteiger partial charge >= 0.3 is 0 Å². The second-order valence-electron chi connectivity index (χ2n) is 3.69. The van der Waals surface area contributed by atoms with E-state index in [-0.39, 0.29) is 0 Å². The second kappa shape index (κ2) is 4.26. The van der Waals surface area contributed by atoms with Gasteiger partial charge in [0.25, 0.3) is 0 Å². The third kappa shape index (κ3) is 2.44. The third-order valence-corrected chi connectivity index (χ3v) is 2.14. The van der Waals surface area contributed by atoms with Crippen LogP contribution in [0.5, 0.6) is 0 Å². The van der Waals surface area contributed by atoms with E-state index in [1.807, 2.05) is 26.0 Å². The van der Waals surface area contributed by atoms with Gasteiger partial charge in [-0.25, -0.2) is 0 Å². The van der Waals surface area contributed by atoms with Crippen molar-refractivity contribution in [3.05, 3.63) is 34.8 Å². The summed E-state index contributed by atoms with van der Waals surface area (Å²) in [4.78, 5) is 0. The molecule has 2 heteroatoms. The van der Waals surface area contributed by atoms with E-state index >= 15 is 0 Å². The molecule has 1 heterocycles. The van der Waals surface area contributed by atoms with E-state index < -0.39 is 0 Å². The lowest BCUT2D eigenvalue weighted by molar-refractivity contribution is -0.615. The first-order valence-corrected chi connectivity index (χ1v) is 4.87. The Morgan fingerprint density at radius 2 is 2.08 bits per heavy atom. The Kier molecular flexibility index (Phi) is 3.29. The van der Waals surface area contributed by atoms with Crippen molar-refractivity contribution in [1.29, 1.82) is 0 Å². The Morgan fingerprint density at radius 3 is 2.54 bits per heavy atom. The van der Waals surface area contributed by atoms with Gasteiger partial charge < -0.3 is 5.21 Å². The molecule has 0 unspecified atom stereocenters. The smallest absolute Gasteiger partial charge is 0.195 e. The lowest BCUT2D eigenvalue weighted by Gasteiger charge is -2.08. The summed E-state index contributed by atoms with van der Waals surface area (Å²) >= 11 is 0. The quantitative estimate of drug-likeness (QED) is 0.517. The molecule has 0 bridgehead atoms. The van der Waals surface area contributed by atoms with Gasteiger partial charge in [-0.15, -0.1) is 0 Å². The van der Waals surface area contributed by atoms with Crippen LogP contribution >= 0.6 is 0 Å². The Morgan fingerprint density at radius 1 is 1.38 bits per heavy atom. The highest BCUT2D eigenvalue weighted by Gasteiger charge is 2.09. The SMILES string of the molecule is CCCc1ccc(C(C)C)[n+]([O-])c1. The number of aromatic nitrogens is 1. The van der Waals surface area contributed by atoms with Crippen LogP contribution in [0, 0.1) is 5.21 Å². The second-order valence-corrected chi connectivity index (χ2v) is 3.69. The zero-order valence-electron chi connectivity index (χ0n) is 8.58. The number of nitrogens with zero attached hydrogens (tertiary/aromatic N) is 1. The minimum absolute atomic E-state index is 0.299. The van der Waals surface area contributed by atoms with Gasteiger partial charge in [0.2, 0.25) is 0 Å². The summed E-state index contributed by atoms with van der Waals surface area (Å²) in [5.41, 5.74) is 1.97. The van der Waals surface area contributed by atoms with Gasteiger partial charge in [-0.2, -0.15) is 4.73 Å². The van der Waals surface area contributed by atoms with Gasteiger partial charge in [-0.1, -0.05) is 27.2 Å². The molecule has 72 valence electrons. The predicted octanol–water partition coefficient (Wildman–Crippen LogP) is 2.40. The van der Waals surface area contributed by atoms with Crippen molar-refractivity contribution in [3.63, 3.8) is 0 Å². The zero-order valence-corrected chi connectivity index (χ0v) is 8.58. The number of hydrogen-bond donors (Lipinski definition) is 0. The fraction of sp³-hybridized carbons (Fsp3) is 0.545. The van der Waals surface area contributed by atoms with E-state index in [4.69, 9.17) is 0 Å². The van der Waals surface area contributed by atoms with E-state index in [2.05, 4.69) is 6.92 Å². The first kappa shape index (κ1) is 10.0. The van der Waals surface area contributed by atoms with E-state index in [1.165, 1.54) is 0 Å². The van der Waals surface area contributed by atoms with Crippen LogP contribution < -0.4 is 4.73 Å². The van der Waals surface area contributed by atoms with Gasteiger partial charge in [-0.05, 0) is 12.5 Å². The van der Waals surface area contributed by atoms with Crippen molar-refractivity contribution in [2.45, 2.75) is 39.5 Å². The van der Waals surface area contributed by atoms with Crippen molar-refractivity contribution in [3.8, 4) is 0 Å². The molecule has 1 rings (SSSR count). The van der Waals surface area contributed by atoms with Crippen LogP contribution in [-0.2, 0) is 6.42 Å². The minimum atomic E-state index is 0.299. The first-order chi connectivity index (χ1) is 6.15. The fourth-order valence-corrected chi connectivity index (χ4v) is 1.42. The standard InChI is InChI=1S/C11H17NO/c1-4-5-10-6-7-11(9(2)3)12(13)8-10/h6-9H,4-5H2,1-3H3. The summed E-state index contributed by atoms with van der Waals surface area (Å²) in [6.07, 6.45) is 3.76. The van der Waals surface area contributed by atoms with Crippen molar-refractivity contribution >= 4 is 0 Å². The van der Waals surface area contributed by atoms with Crippen molar-refractivity contribution in [1.82, 2.24) is 0 Å². The number of hydrogen-bond acceptors (Lipinski definition) is 1. The maximum atomic E-state index is 11.5. The topological polar surface area (TPSA) is 26.9 Å². The summed E-state index contributed by atoms with van der Waals surface area (Å²) in [7, 11) is 0. The van der Waals surface area contributed by atoms with Crippen molar-refractivity contribution in [2.24, 2.45) is 0 Å². The van der Waals surface area contributed by atoms with Crippen LogP contribution in [0.25, 0.3) is 0 Å². The maximum Gasteiger partial charge on any atom is 0.195 e. The van der Waals surface area contributed by atoms with Gasteiger partial charge in [0.1, 0.15) is 0 Å². The van der Waals surface area contributed by atoms with Crippen LogP contribution in [0.4, 0.5) is 0 Å². The van der Waals surface area contributed by atoms with E-state index in [0.717, 1.165) is 28.8 Å². The molecule has 0 aliphatic heterocycles. The number of pyridine rings is 1. The normalized spacial score (nSPS) is 10.8. The molecule has 0 saturated heterocycles. The summed E-state index contributed by atoms with van der Waals surface area (Å²) in [6, 6.07) is 3.98. The summed E-state index contributed by atoms with van der Waals surface area (Å²) in [5, 5.41) is 11.5. The van der Waals surface area contributed by atoms with Gasteiger partial charge in [-0.3, -0.25) is 0 Å². The molecule has 0 saturated carbocycles. The zero-order chi connectivity index (χ0) is 9.84. The highest BCUT2D eigenvalue weighted by molar-refractivity contribution is 5.11. The Balaban J connectivity index is 2.92. The highest BCUT2D eigenvalue weighted by atomic mass is 16.5. The molecule has 0 aliphatic rings.